The topological polar surface area (TPSA) is 67.6 Å². The predicted molar refractivity (Wildman–Crippen MR) is 99.7 cm³/mol. The Bertz CT molecular complexity index is 709. The number of nitrogen functional groups attached to an aromatic ring is 1. The number of ether oxygens (including phenoxy) is 1. The van der Waals surface area contributed by atoms with E-state index in [1.54, 1.807) is 31.4 Å². The van der Waals surface area contributed by atoms with Gasteiger partial charge in [-0.25, -0.2) is 0 Å². The van der Waals surface area contributed by atoms with E-state index in [0.717, 1.165) is 18.8 Å². The van der Waals surface area contributed by atoms with E-state index in [0.29, 0.717) is 17.8 Å². The molecule has 1 aliphatic heterocycles. The number of carbonyl (C=O) groups excluding carboxylic acids is 1. The molecule has 2 aromatic rings. The van der Waals surface area contributed by atoms with Crippen molar-refractivity contribution < 1.29 is 9.53 Å². The third-order valence-electron chi connectivity index (χ3n) is 4.69. The Kier molecular flexibility index (Phi) is 5.56. The number of nitrogens with one attached hydrogen (secondary N) is 1. The maximum Gasteiger partial charge on any atom is 0.251 e. The van der Waals surface area contributed by atoms with Crippen molar-refractivity contribution in [1.29, 1.82) is 0 Å². The Labute approximate surface area is 148 Å². The minimum Gasteiger partial charge on any atom is -0.497 e. The summed E-state index contributed by atoms with van der Waals surface area (Å²) in [6.45, 7) is 2.69. The van der Waals surface area contributed by atoms with Crippen LogP contribution in [-0.2, 0) is 0 Å². The zero-order chi connectivity index (χ0) is 17.6. The van der Waals surface area contributed by atoms with Gasteiger partial charge < -0.3 is 15.8 Å². The lowest BCUT2D eigenvalue weighted by atomic mass is 10.0. The Hall–Kier alpha value is -2.53. The quantitative estimate of drug-likeness (QED) is 0.794. The number of likely N-dealkylation sites (tertiary alicyclic amines) is 1. The van der Waals surface area contributed by atoms with Gasteiger partial charge in [-0.3, -0.25) is 9.69 Å². The van der Waals surface area contributed by atoms with Gasteiger partial charge in [-0.1, -0.05) is 18.2 Å². The molecule has 1 unspecified atom stereocenters. The number of hydrogen-bond donors (Lipinski definition) is 2. The standard InChI is InChI=1S/C20H25N3O2/c1-25-18-9-7-15(8-10-18)19(23-11-2-3-12-23)14-22-20(24)16-5-4-6-17(21)13-16/h4-10,13,19H,2-3,11-12,14,21H2,1H3,(H,22,24). The highest BCUT2D eigenvalue weighted by atomic mass is 16.5. The third kappa shape index (κ3) is 4.31. The first-order valence-corrected chi connectivity index (χ1v) is 8.69. The zero-order valence-corrected chi connectivity index (χ0v) is 14.6. The molecule has 1 atom stereocenters. The molecule has 3 rings (SSSR count). The summed E-state index contributed by atoms with van der Waals surface area (Å²) in [5, 5.41) is 3.06. The summed E-state index contributed by atoms with van der Waals surface area (Å²) in [5.74, 6) is 0.748. The average molecular weight is 339 g/mol. The van der Waals surface area contributed by atoms with Crippen LogP contribution in [0.1, 0.15) is 34.8 Å². The SMILES string of the molecule is COc1ccc(C(CNC(=O)c2cccc(N)c2)N2CCCC2)cc1. The van der Waals surface area contributed by atoms with Gasteiger partial charge in [-0.15, -0.1) is 0 Å². The van der Waals surface area contributed by atoms with Crippen molar-refractivity contribution in [2.75, 3.05) is 32.5 Å². The lowest BCUT2D eigenvalue weighted by Crippen LogP contribution is -2.36. The van der Waals surface area contributed by atoms with Gasteiger partial charge in [0.15, 0.2) is 0 Å². The van der Waals surface area contributed by atoms with Gasteiger partial charge in [-0.2, -0.15) is 0 Å². The van der Waals surface area contributed by atoms with Crippen LogP contribution in [0.4, 0.5) is 5.69 Å². The van der Waals surface area contributed by atoms with Crippen LogP contribution >= 0.6 is 0 Å². The summed E-state index contributed by atoms with van der Waals surface area (Å²) < 4.78 is 5.25. The number of carbonyl (C=O) groups is 1. The second-order valence-corrected chi connectivity index (χ2v) is 6.37. The van der Waals surface area contributed by atoms with Crippen molar-refractivity contribution in [2.24, 2.45) is 0 Å². The van der Waals surface area contributed by atoms with Crippen molar-refractivity contribution in [3.63, 3.8) is 0 Å². The summed E-state index contributed by atoms with van der Waals surface area (Å²) in [6.07, 6.45) is 2.41. The van der Waals surface area contributed by atoms with Gasteiger partial charge in [0, 0.05) is 17.8 Å². The number of methoxy groups -OCH3 is 1. The number of nitrogens with two attached hydrogens (primary N) is 1. The molecule has 0 radical (unpaired) electrons. The highest BCUT2D eigenvalue weighted by molar-refractivity contribution is 5.95. The molecular formula is C20H25N3O2. The van der Waals surface area contributed by atoms with Crippen molar-refractivity contribution in [3.8, 4) is 5.75 Å². The lowest BCUT2D eigenvalue weighted by Gasteiger charge is -2.28. The van der Waals surface area contributed by atoms with Crippen LogP contribution in [0.15, 0.2) is 48.5 Å². The fourth-order valence-electron chi connectivity index (χ4n) is 3.31. The largest absolute Gasteiger partial charge is 0.497 e. The van der Waals surface area contributed by atoms with E-state index in [9.17, 15) is 4.79 Å². The molecule has 5 nitrogen and oxygen atoms in total. The highest BCUT2D eigenvalue weighted by Crippen LogP contribution is 2.26. The van der Waals surface area contributed by atoms with Crippen LogP contribution in [0, 0.1) is 0 Å². The molecule has 1 amide bonds. The molecule has 1 fully saturated rings. The molecule has 3 N–H and O–H groups in total. The van der Waals surface area contributed by atoms with Crippen LogP contribution in [-0.4, -0.2) is 37.6 Å². The smallest absolute Gasteiger partial charge is 0.251 e. The van der Waals surface area contributed by atoms with Crippen LogP contribution in [0.5, 0.6) is 5.75 Å². The van der Waals surface area contributed by atoms with E-state index in [4.69, 9.17) is 10.5 Å². The summed E-state index contributed by atoms with van der Waals surface area (Å²) >= 11 is 0. The summed E-state index contributed by atoms with van der Waals surface area (Å²) in [5.41, 5.74) is 8.15. The number of nitrogens with zero attached hydrogens (tertiary/aromatic N) is 1. The molecule has 1 heterocycles. The second kappa shape index (κ2) is 8.03. The van der Waals surface area contributed by atoms with E-state index in [2.05, 4.69) is 22.3 Å². The minimum absolute atomic E-state index is 0.0926. The molecule has 0 bridgehead atoms. The van der Waals surface area contributed by atoms with Gasteiger partial charge in [0.2, 0.25) is 0 Å². The molecule has 1 aliphatic rings. The van der Waals surface area contributed by atoms with Gasteiger partial charge in [0.25, 0.3) is 5.91 Å². The maximum atomic E-state index is 12.4. The van der Waals surface area contributed by atoms with Gasteiger partial charge in [0.1, 0.15) is 5.75 Å². The van der Waals surface area contributed by atoms with Crippen LogP contribution < -0.4 is 15.8 Å². The van der Waals surface area contributed by atoms with Crippen molar-refractivity contribution in [1.82, 2.24) is 10.2 Å². The summed E-state index contributed by atoms with van der Waals surface area (Å²) in [4.78, 5) is 14.9. The summed E-state index contributed by atoms with van der Waals surface area (Å²) in [7, 11) is 1.67. The van der Waals surface area contributed by atoms with Crippen molar-refractivity contribution >= 4 is 11.6 Å². The Morgan fingerprint density at radius 1 is 1.20 bits per heavy atom. The molecule has 1 saturated heterocycles. The van der Waals surface area contributed by atoms with Crippen LogP contribution in [0.2, 0.25) is 0 Å². The van der Waals surface area contributed by atoms with E-state index < -0.39 is 0 Å². The molecule has 25 heavy (non-hydrogen) atoms. The number of benzene rings is 2. The second-order valence-electron chi connectivity index (χ2n) is 6.37. The number of rotatable bonds is 6. The highest BCUT2D eigenvalue weighted by Gasteiger charge is 2.24. The first-order chi connectivity index (χ1) is 12.2. The van der Waals surface area contributed by atoms with Crippen molar-refractivity contribution in [3.05, 3.63) is 59.7 Å². The fourth-order valence-corrected chi connectivity index (χ4v) is 3.31. The molecule has 0 spiro atoms. The molecular weight excluding hydrogens is 314 g/mol. The van der Waals surface area contributed by atoms with E-state index >= 15 is 0 Å². The predicted octanol–water partition coefficient (Wildman–Crippen LogP) is 2.84. The van der Waals surface area contributed by atoms with Crippen LogP contribution in [0.3, 0.4) is 0 Å². The van der Waals surface area contributed by atoms with Crippen LogP contribution in [0.25, 0.3) is 0 Å². The minimum atomic E-state index is -0.0926. The van der Waals surface area contributed by atoms with E-state index in [-0.39, 0.29) is 11.9 Å². The van der Waals surface area contributed by atoms with Gasteiger partial charge in [0.05, 0.1) is 13.2 Å². The molecule has 0 aliphatic carbocycles. The van der Waals surface area contributed by atoms with E-state index in [1.165, 1.54) is 18.4 Å². The molecule has 2 aromatic carbocycles. The zero-order valence-electron chi connectivity index (χ0n) is 14.6. The number of hydrogen-bond acceptors (Lipinski definition) is 4. The molecule has 0 saturated carbocycles. The Morgan fingerprint density at radius 3 is 2.56 bits per heavy atom. The number of anilines is 1. The Balaban J connectivity index is 1.72. The number of amides is 1. The molecule has 5 heteroatoms. The van der Waals surface area contributed by atoms with Gasteiger partial charge in [-0.05, 0) is 61.8 Å². The van der Waals surface area contributed by atoms with Gasteiger partial charge >= 0.3 is 0 Å². The Morgan fingerprint density at radius 2 is 1.92 bits per heavy atom. The van der Waals surface area contributed by atoms with E-state index in [1.807, 2.05) is 12.1 Å². The normalized spacial score (nSPS) is 15.7. The molecule has 132 valence electrons. The third-order valence-corrected chi connectivity index (χ3v) is 4.69. The first-order valence-electron chi connectivity index (χ1n) is 8.69. The lowest BCUT2D eigenvalue weighted by molar-refractivity contribution is 0.0938. The monoisotopic (exact) mass is 339 g/mol. The fraction of sp³-hybridized carbons (Fsp3) is 0.350. The molecule has 0 aromatic heterocycles. The van der Waals surface area contributed by atoms with Crippen molar-refractivity contribution in [2.45, 2.75) is 18.9 Å². The summed E-state index contributed by atoms with van der Waals surface area (Å²) in [6, 6.07) is 15.3. The maximum absolute atomic E-state index is 12.4. The average Bonchev–Trinajstić information content (AvgIpc) is 3.16. The first kappa shape index (κ1) is 17.3.